The van der Waals surface area contributed by atoms with E-state index < -0.39 is 29.4 Å². The van der Waals surface area contributed by atoms with Gasteiger partial charge in [-0.25, -0.2) is 9.59 Å². The van der Waals surface area contributed by atoms with E-state index in [2.05, 4.69) is 0 Å². The lowest BCUT2D eigenvalue weighted by Crippen LogP contribution is -2.39. The predicted octanol–water partition coefficient (Wildman–Crippen LogP) is 2.50. The molecular weight excluding hydrogens is 291 g/mol. The number of cyclic esters (lactones) is 1. The maximum absolute atomic E-state index is 12.9. The van der Waals surface area contributed by atoms with Gasteiger partial charge in [-0.2, -0.15) is 13.2 Å². The second kappa shape index (κ2) is 4.94. The van der Waals surface area contributed by atoms with Crippen molar-refractivity contribution in [3.8, 4) is 0 Å². The van der Waals surface area contributed by atoms with E-state index in [0.29, 0.717) is 0 Å². The van der Waals surface area contributed by atoms with Gasteiger partial charge < -0.3 is 9.84 Å². The van der Waals surface area contributed by atoms with E-state index in [1.165, 1.54) is 25.1 Å². The van der Waals surface area contributed by atoms with Crippen LogP contribution in [0.1, 0.15) is 18.1 Å². The minimum atomic E-state index is -4.55. The lowest BCUT2D eigenvalue weighted by atomic mass is 10.1. The van der Waals surface area contributed by atoms with Crippen LogP contribution in [0.3, 0.4) is 0 Å². The van der Waals surface area contributed by atoms with E-state index in [-0.39, 0.29) is 18.7 Å². The third-order valence-corrected chi connectivity index (χ3v) is 3.20. The van der Waals surface area contributed by atoms with Gasteiger partial charge in [-0.3, -0.25) is 4.90 Å². The molecule has 1 amide bonds. The number of hydrogen-bond donors (Lipinski definition) is 1. The zero-order valence-corrected chi connectivity index (χ0v) is 11.0. The molecule has 1 aromatic carbocycles. The normalized spacial score (nSPS) is 22.3. The molecule has 0 saturated carbocycles. The van der Waals surface area contributed by atoms with Crippen molar-refractivity contribution in [2.24, 2.45) is 0 Å². The molecule has 1 fully saturated rings. The molecule has 21 heavy (non-hydrogen) atoms. The number of benzene rings is 1. The van der Waals surface area contributed by atoms with Crippen molar-refractivity contribution in [2.45, 2.75) is 25.2 Å². The number of hydrogen-bond acceptors (Lipinski definition) is 3. The maximum atomic E-state index is 12.9. The summed E-state index contributed by atoms with van der Waals surface area (Å²) in [5.41, 5.74) is -2.72. The van der Waals surface area contributed by atoms with Gasteiger partial charge in [0.15, 0.2) is 0 Å². The number of alkyl halides is 3. The number of carboxylic acid groups (broad SMARTS) is 1. The molecular formula is C13H12F3NO4. The number of aliphatic carboxylic acids is 1. The van der Waals surface area contributed by atoms with Gasteiger partial charge in [-0.05, 0) is 18.6 Å². The van der Waals surface area contributed by atoms with Crippen LogP contribution in [0.5, 0.6) is 0 Å². The highest BCUT2D eigenvalue weighted by molar-refractivity contribution is 5.84. The average Bonchev–Trinajstić information content (AvgIpc) is 2.65. The summed E-state index contributed by atoms with van der Waals surface area (Å²) in [6.07, 6.45) is -5.49. The Morgan fingerprint density at radius 2 is 2.05 bits per heavy atom. The van der Waals surface area contributed by atoms with Crippen molar-refractivity contribution < 1.29 is 32.6 Å². The van der Waals surface area contributed by atoms with Crippen molar-refractivity contribution >= 4 is 12.1 Å². The van der Waals surface area contributed by atoms with Crippen LogP contribution < -0.4 is 0 Å². The lowest BCUT2D eigenvalue weighted by Gasteiger charge is -2.18. The minimum absolute atomic E-state index is 0.114. The molecule has 2 rings (SSSR count). The van der Waals surface area contributed by atoms with Crippen LogP contribution in [0.4, 0.5) is 18.0 Å². The van der Waals surface area contributed by atoms with Gasteiger partial charge in [0.05, 0.1) is 12.1 Å². The van der Waals surface area contributed by atoms with Crippen LogP contribution in [0.2, 0.25) is 0 Å². The highest BCUT2D eigenvalue weighted by Crippen LogP contribution is 2.33. The van der Waals surface area contributed by atoms with E-state index in [0.717, 1.165) is 11.0 Å². The Hall–Kier alpha value is -2.25. The number of halogens is 3. The van der Waals surface area contributed by atoms with Gasteiger partial charge in [0, 0.05) is 6.54 Å². The molecule has 1 aromatic rings. The molecule has 0 aliphatic carbocycles. The van der Waals surface area contributed by atoms with Crippen molar-refractivity contribution in [2.75, 3.05) is 6.54 Å². The van der Waals surface area contributed by atoms with Crippen molar-refractivity contribution in [3.63, 3.8) is 0 Å². The Kier molecular flexibility index (Phi) is 3.56. The summed E-state index contributed by atoms with van der Waals surface area (Å²) in [6, 6.07) is 4.82. The molecule has 1 unspecified atom stereocenters. The number of amides is 1. The molecule has 1 aliphatic rings. The molecule has 8 heteroatoms. The van der Waals surface area contributed by atoms with E-state index in [1.807, 2.05) is 0 Å². The summed E-state index contributed by atoms with van der Waals surface area (Å²) in [5, 5.41) is 8.97. The molecule has 0 aromatic heterocycles. The maximum Gasteiger partial charge on any atom is 0.416 e. The first-order chi connectivity index (χ1) is 9.63. The third-order valence-electron chi connectivity index (χ3n) is 3.20. The summed E-state index contributed by atoms with van der Waals surface area (Å²) in [5.74, 6) is -1.34. The summed E-state index contributed by atoms with van der Waals surface area (Å²) < 4.78 is 43.3. The van der Waals surface area contributed by atoms with Crippen LogP contribution in [0.15, 0.2) is 24.3 Å². The highest BCUT2D eigenvalue weighted by atomic mass is 19.4. The second-order valence-electron chi connectivity index (χ2n) is 4.91. The van der Waals surface area contributed by atoms with Crippen LogP contribution in [0, 0.1) is 0 Å². The largest absolute Gasteiger partial charge is 0.478 e. The van der Waals surface area contributed by atoms with Gasteiger partial charge in [-0.15, -0.1) is 0 Å². The Labute approximate surface area is 117 Å². The van der Waals surface area contributed by atoms with Gasteiger partial charge >= 0.3 is 18.2 Å². The zero-order chi connectivity index (χ0) is 15.8. The molecule has 114 valence electrons. The summed E-state index contributed by atoms with van der Waals surface area (Å²) >= 11 is 0. The smallest absolute Gasteiger partial charge is 0.416 e. The molecule has 1 N–H and O–H groups in total. The minimum Gasteiger partial charge on any atom is -0.478 e. The van der Waals surface area contributed by atoms with Crippen LogP contribution in [-0.2, 0) is 22.3 Å². The van der Waals surface area contributed by atoms with Gasteiger partial charge in [-0.1, -0.05) is 18.2 Å². The number of nitrogens with zero attached hydrogens (tertiary/aromatic N) is 1. The van der Waals surface area contributed by atoms with Crippen LogP contribution in [0.25, 0.3) is 0 Å². The number of rotatable bonds is 3. The van der Waals surface area contributed by atoms with E-state index in [1.54, 1.807) is 0 Å². The predicted molar refractivity (Wildman–Crippen MR) is 64.4 cm³/mol. The Bertz CT molecular complexity index is 587. The SMILES string of the molecule is CC1(C(=O)O)CN(Cc2ccccc2C(F)(F)F)C(=O)O1. The molecule has 0 spiro atoms. The van der Waals surface area contributed by atoms with Crippen molar-refractivity contribution in [1.82, 2.24) is 4.90 Å². The Morgan fingerprint density at radius 1 is 1.43 bits per heavy atom. The molecule has 1 heterocycles. The van der Waals surface area contributed by atoms with E-state index in [9.17, 15) is 22.8 Å². The number of carbonyl (C=O) groups is 2. The molecule has 1 aliphatic heterocycles. The third kappa shape index (κ3) is 2.93. The number of ether oxygens (including phenoxy) is 1. The summed E-state index contributed by atoms with van der Waals surface area (Å²) in [6.45, 7) is 0.521. The number of carbonyl (C=O) groups excluding carboxylic acids is 1. The van der Waals surface area contributed by atoms with Crippen LogP contribution in [-0.4, -0.2) is 34.2 Å². The monoisotopic (exact) mass is 303 g/mol. The molecule has 1 atom stereocenters. The molecule has 0 bridgehead atoms. The molecule has 0 radical (unpaired) electrons. The molecule has 5 nitrogen and oxygen atoms in total. The quantitative estimate of drug-likeness (QED) is 0.931. The van der Waals surface area contributed by atoms with Crippen LogP contribution >= 0.6 is 0 Å². The van der Waals surface area contributed by atoms with E-state index in [4.69, 9.17) is 9.84 Å². The van der Waals surface area contributed by atoms with Crippen molar-refractivity contribution in [3.05, 3.63) is 35.4 Å². The Morgan fingerprint density at radius 3 is 2.57 bits per heavy atom. The average molecular weight is 303 g/mol. The summed E-state index contributed by atoms with van der Waals surface area (Å²) in [7, 11) is 0. The number of carboxylic acids is 1. The Balaban J connectivity index is 2.24. The second-order valence-corrected chi connectivity index (χ2v) is 4.91. The van der Waals surface area contributed by atoms with Gasteiger partial charge in [0.25, 0.3) is 0 Å². The van der Waals surface area contributed by atoms with Gasteiger partial charge in [0.2, 0.25) is 5.60 Å². The fourth-order valence-electron chi connectivity index (χ4n) is 2.09. The van der Waals surface area contributed by atoms with Gasteiger partial charge in [0.1, 0.15) is 0 Å². The first-order valence-corrected chi connectivity index (χ1v) is 6.00. The topological polar surface area (TPSA) is 66.8 Å². The fraction of sp³-hybridized carbons (Fsp3) is 0.385. The summed E-state index contributed by atoms with van der Waals surface area (Å²) in [4.78, 5) is 23.6. The lowest BCUT2D eigenvalue weighted by molar-refractivity contribution is -0.153. The fourth-order valence-corrected chi connectivity index (χ4v) is 2.09. The van der Waals surface area contributed by atoms with Crippen molar-refractivity contribution in [1.29, 1.82) is 0 Å². The first kappa shape index (κ1) is 15.1. The first-order valence-electron chi connectivity index (χ1n) is 6.00. The standard InChI is InChI=1S/C13H12F3NO4/c1-12(10(18)19)7-17(11(20)21-12)6-8-4-2-3-5-9(8)13(14,15)16/h2-5H,6-7H2,1H3,(H,18,19). The van der Waals surface area contributed by atoms with E-state index >= 15 is 0 Å². The highest BCUT2D eigenvalue weighted by Gasteiger charge is 2.48. The molecule has 1 saturated heterocycles. The zero-order valence-electron chi connectivity index (χ0n) is 11.0.